The fraction of sp³-hybridized carbons (Fsp3) is 0.571. The molecule has 0 fully saturated rings. The lowest BCUT2D eigenvalue weighted by molar-refractivity contribution is -0.144. The molecule has 0 aliphatic rings. The Bertz CT molecular complexity index is 718. The molecule has 0 radical (unpaired) electrons. The summed E-state index contributed by atoms with van der Waals surface area (Å²) in [6.45, 7) is 7.83. The quantitative estimate of drug-likeness (QED) is 0.791. The molecule has 0 unspecified atom stereocenters. The SMILES string of the molecule is CCOC(=O)Cn1nc(C(C)C)c2nc(CC)sc2c1=O. The standard InChI is InChI=1S/C14H19N3O3S/c1-5-9-15-12-11(8(3)4)16-17(7-10(18)20-6-2)14(19)13(12)21-9/h8H,5-7H2,1-4H3. The van der Waals surface area contributed by atoms with Crippen molar-refractivity contribution in [2.45, 2.75) is 46.6 Å². The average molecular weight is 309 g/mol. The summed E-state index contributed by atoms with van der Waals surface area (Å²) in [5.74, 6) is -0.338. The van der Waals surface area contributed by atoms with Crippen LogP contribution in [0.2, 0.25) is 0 Å². The van der Waals surface area contributed by atoms with E-state index in [0.717, 1.165) is 17.1 Å². The molecule has 0 saturated carbocycles. The number of carbonyl (C=O) groups excluding carboxylic acids is 1. The van der Waals surface area contributed by atoms with Crippen molar-refractivity contribution in [1.29, 1.82) is 0 Å². The number of hydrogen-bond donors (Lipinski definition) is 0. The van der Waals surface area contributed by atoms with Gasteiger partial charge >= 0.3 is 5.97 Å². The lowest BCUT2D eigenvalue weighted by Crippen LogP contribution is -2.28. The molecule has 0 aromatic carbocycles. The van der Waals surface area contributed by atoms with Crippen molar-refractivity contribution in [3.63, 3.8) is 0 Å². The van der Waals surface area contributed by atoms with Crippen molar-refractivity contribution in [2.75, 3.05) is 6.61 Å². The van der Waals surface area contributed by atoms with Crippen LogP contribution in [0.15, 0.2) is 4.79 Å². The van der Waals surface area contributed by atoms with Gasteiger partial charge < -0.3 is 4.74 Å². The first kappa shape index (κ1) is 15.6. The van der Waals surface area contributed by atoms with E-state index in [4.69, 9.17) is 4.74 Å². The van der Waals surface area contributed by atoms with Gasteiger partial charge in [0.05, 0.1) is 17.3 Å². The zero-order chi connectivity index (χ0) is 15.6. The number of hydrogen-bond acceptors (Lipinski definition) is 6. The van der Waals surface area contributed by atoms with Crippen LogP contribution < -0.4 is 5.56 Å². The molecule has 0 aliphatic carbocycles. The van der Waals surface area contributed by atoms with E-state index in [1.807, 2.05) is 20.8 Å². The van der Waals surface area contributed by atoms with E-state index in [1.165, 1.54) is 16.0 Å². The summed E-state index contributed by atoms with van der Waals surface area (Å²) in [5.41, 5.74) is 1.13. The van der Waals surface area contributed by atoms with E-state index in [1.54, 1.807) is 6.92 Å². The zero-order valence-electron chi connectivity index (χ0n) is 12.7. The number of aromatic nitrogens is 3. The van der Waals surface area contributed by atoms with Gasteiger partial charge in [-0.3, -0.25) is 9.59 Å². The lowest BCUT2D eigenvalue weighted by Gasteiger charge is -2.09. The Kier molecular flexibility index (Phi) is 4.72. The second kappa shape index (κ2) is 6.34. The van der Waals surface area contributed by atoms with Crippen LogP contribution in [-0.4, -0.2) is 27.3 Å². The Morgan fingerprint density at radius 3 is 2.67 bits per heavy atom. The second-order valence-electron chi connectivity index (χ2n) is 4.95. The number of rotatable bonds is 5. The van der Waals surface area contributed by atoms with Crippen LogP contribution in [0, 0.1) is 0 Å². The molecule has 7 heteroatoms. The summed E-state index contributed by atoms with van der Waals surface area (Å²) in [6, 6.07) is 0. The molecule has 114 valence electrons. The minimum atomic E-state index is -0.457. The van der Waals surface area contributed by atoms with Gasteiger partial charge in [0.15, 0.2) is 0 Å². The Balaban J connectivity index is 2.59. The molecule has 21 heavy (non-hydrogen) atoms. The van der Waals surface area contributed by atoms with E-state index >= 15 is 0 Å². The van der Waals surface area contributed by atoms with Crippen LogP contribution >= 0.6 is 11.3 Å². The summed E-state index contributed by atoms with van der Waals surface area (Å²) in [4.78, 5) is 28.5. The third-order valence-corrected chi connectivity index (χ3v) is 4.19. The number of ether oxygens (including phenoxy) is 1. The van der Waals surface area contributed by atoms with E-state index < -0.39 is 5.97 Å². The molecule has 0 atom stereocenters. The first-order chi connectivity index (χ1) is 9.97. The van der Waals surface area contributed by atoms with Crippen LogP contribution in [-0.2, 0) is 22.5 Å². The number of thiazole rings is 1. The smallest absolute Gasteiger partial charge is 0.327 e. The number of aryl methyl sites for hydroxylation is 1. The van der Waals surface area contributed by atoms with Crippen molar-refractivity contribution in [3.05, 3.63) is 21.1 Å². The molecule has 6 nitrogen and oxygen atoms in total. The molecule has 0 spiro atoms. The molecule has 2 heterocycles. The number of fused-ring (bicyclic) bond motifs is 1. The van der Waals surface area contributed by atoms with Gasteiger partial charge in [-0.1, -0.05) is 20.8 Å². The number of carbonyl (C=O) groups is 1. The van der Waals surface area contributed by atoms with Gasteiger partial charge in [-0.15, -0.1) is 11.3 Å². The molecular weight excluding hydrogens is 290 g/mol. The van der Waals surface area contributed by atoms with Gasteiger partial charge in [-0.05, 0) is 19.3 Å². The van der Waals surface area contributed by atoms with Gasteiger partial charge in [0.25, 0.3) is 5.56 Å². The highest BCUT2D eigenvalue weighted by atomic mass is 32.1. The molecular formula is C14H19N3O3S. The summed E-state index contributed by atoms with van der Waals surface area (Å²) in [7, 11) is 0. The first-order valence-corrected chi connectivity index (χ1v) is 7.85. The summed E-state index contributed by atoms with van der Waals surface area (Å²) >= 11 is 1.37. The van der Waals surface area contributed by atoms with Crippen LogP contribution in [0.1, 0.15) is 44.3 Å². The van der Waals surface area contributed by atoms with Crippen LogP contribution in [0.5, 0.6) is 0 Å². The third kappa shape index (κ3) is 3.12. The largest absolute Gasteiger partial charge is 0.465 e. The normalized spacial score (nSPS) is 11.3. The molecule has 0 amide bonds. The highest BCUT2D eigenvalue weighted by Crippen LogP contribution is 2.25. The fourth-order valence-corrected chi connectivity index (χ4v) is 2.96. The predicted molar refractivity (Wildman–Crippen MR) is 81.8 cm³/mol. The van der Waals surface area contributed by atoms with E-state index in [0.29, 0.717) is 10.2 Å². The maximum absolute atomic E-state index is 12.4. The predicted octanol–water partition coefficient (Wildman–Crippen LogP) is 2.10. The monoisotopic (exact) mass is 309 g/mol. The van der Waals surface area contributed by atoms with Gasteiger partial charge in [-0.25, -0.2) is 9.67 Å². The Hall–Kier alpha value is -1.76. The average Bonchev–Trinajstić information content (AvgIpc) is 2.86. The first-order valence-electron chi connectivity index (χ1n) is 7.03. The van der Waals surface area contributed by atoms with E-state index in [9.17, 15) is 9.59 Å². The topological polar surface area (TPSA) is 74.1 Å². The van der Waals surface area contributed by atoms with Crippen molar-refractivity contribution in [3.8, 4) is 0 Å². The highest BCUT2D eigenvalue weighted by molar-refractivity contribution is 7.18. The summed E-state index contributed by atoms with van der Waals surface area (Å²) < 4.78 is 6.64. The molecule has 0 aliphatic heterocycles. The minimum absolute atomic E-state index is 0.119. The summed E-state index contributed by atoms with van der Waals surface area (Å²) in [6.07, 6.45) is 0.772. The number of nitrogens with zero attached hydrogens (tertiary/aromatic N) is 3. The third-order valence-electron chi connectivity index (χ3n) is 3.00. The molecule has 2 aromatic rings. The maximum atomic E-state index is 12.4. The van der Waals surface area contributed by atoms with Crippen LogP contribution in [0.25, 0.3) is 10.2 Å². The summed E-state index contributed by atoms with van der Waals surface area (Å²) in [5, 5.41) is 5.22. The van der Waals surface area contributed by atoms with Crippen molar-refractivity contribution in [1.82, 2.24) is 14.8 Å². The Morgan fingerprint density at radius 2 is 2.10 bits per heavy atom. The van der Waals surface area contributed by atoms with Crippen LogP contribution in [0.3, 0.4) is 0 Å². The Labute approximate surface area is 126 Å². The minimum Gasteiger partial charge on any atom is -0.465 e. The molecule has 0 saturated heterocycles. The van der Waals surface area contributed by atoms with Gasteiger partial charge in [-0.2, -0.15) is 5.10 Å². The second-order valence-corrected chi connectivity index (χ2v) is 6.03. The van der Waals surface area contributed by atoms with Crippen molar-refractivity contribution in [2.24, 2.45) is 0 Å². The molecule has 0 N–H and O–H groups in total. The van der Waals surface area contributed by atoms with Gasteiger partial charge in [0.1, 0.15) is 16.8 Å². The highest BCUT2D eigenvalue weighted by Gasteiger charge is 2.19. The zero-order valence-corrected chi connectivity index (χ0v) is 13.5. The number of esters is 1. The Morgan fingerprint density at radius 1 is 1.38 bits per heavy atom. The van der Waals surface area contributed by atoms with Crippen molar-refractivity contribution < 1.29 is 9.53 Å². The lowest BCUT2D eigenvalue weighted by atomic mass is 10.1. The fourth-order valence-electron chi connectivity index (χ4n) is 2.00. The van der Waals surface area contributed by atoms with E-state index in [-0.39, 0.29) is 24.6 Å². The van der Waals surface area contributed by atoms with Gasteiger partial charge in [0, 0.05) is 0 Å². The van der Waals surface area contributed by atoms with E-state index in [2.05, 4.69) is 10.1 Å². The molecule has 2 rings (SSSR count). The van der Waals surface area contributed by atoms with Crippen molar-refractivity contribution >= 4 is 27.5 Å². The van der Waals surface area contributed by atoms with Gasteiger partial charge in [0.2, 0.25) is 0 Å². The van der Waals surface area contributed by atoms with Crippen LogP contribution in [0.4, 0.5) is 0 Å². The maximum Gasteiger partial charge on any atom is 0.327 e. The molecule has 2 aromatic heterocycles. The molecule has 0 bridgehead atoms.